The average Bonchev–Trinajstić information content (AvgIpc) is 3.49. The van der Waals surface area contributed by atoms with E-state index in [0.29, 0.717) is 42.2 Å². The van der Waals surface area contributed by atoms with Gasteiger partial charge in [0, 0.05) is 19.5 Å². The van der Waals surface area contributed by atoms with Crippen LogP contribution in [0.5, 0.6) is 0 Å². The van der Waals surface area contributed by atoms with Gasteiger partial charge in [-0.2, -0.15) is 0 Å². The third-order valence-corrected chi connectivity index (χ3v) is 15.9. The third kappa shape index (κ3) is 5.78. The van der Waals surface area contributed by atoms with Gasteiger partial charge < -0.3 is 20.4 Å². The van der Waals surface area contributed by atoms with Gasteiger partial charge in [0.1, 0.15) is 0 Å². The second kappa shape index (κ2) is 13.1. The summed E-state index contributed by atoms with van der Waals surface area (Å²) >= 11 is 0. The number of amides is 1. The fraction of sp³-hybridized carbons (Fsp3) is 0.738. The Labute approximate surface area is 294 Å². The summed E-state index contributed by atoms with van der Waals surface area (Å²) in [6.07, 6.45) is 14.8. The molecule has 0 saturated heterocycles. The van der Waals surface area contributed by atoms with Crippen LogP contribution in [0.3, 0.4) is 0 Å². The van der Waals surface area contributed by atoms with Gasteiger partial charge in [-0.15, -0.1) is 0 Å². The van der Waals surface area contributed by atoms with Gasteiger partial charge in [-0.3, -0.25) is 9.59 Å². The lowest BCUT2D eigenvalue weighted by atomic mass is 9.32. The van der Waals surface area contributed by atoms with Crippen LogP contribution in [-0.2, 0) is 9.59 Å². The number of rotatable bonds is 11. The number of nitrogens with zero attached hydrogens (tertiary/aromatic N) is 1. The van der Waals surface area contributed by atoms with E-state index >= 15 is 0 Å². The Bertz CT molecular complexity index is 1470. The number of hydrogen-bond acceptors (Lipinski definition) is 4. The van der Waals surface area contributed by atoms with Crippen LogP contribution in [0, 0.1) is 50.7 Å². The summed E-state index contributed by atoms with van der Waals surface area (Å²) in [4.78, 5) is 38.9. The largest absolute Gasteiger partial charge is 0.481 e. The predicted octanol–water partition coefficient (Wildman–Crippen LogP) is 8.54. The number of carboxylic acids is 2. The molecule has 270 valence electrons. The molecule has 3 N–H and O–H groups in total. The molecule has 0 bridgehead atoms. The van der Waals surface area contributed by atoms with Crippen molar-refractivity contribution >= 4 is 23.4 Å². The van der Waals surface area contributed by atoms with Gasteiger partial charge >= 0.3 is 11.9 Å². The summed E-state index contributed by atoms with van der Waals surface area (Å²) < 4.78 is 0. The molecule has 49 heavy (non-hydrogen) atoms. The van der Waals surface area contributed by atoms with Gasteiger partial charge in [-0.25, -0.2) is 4.79 Å². The van der Waals surface area contributed by atoms with Gasteiger partial charge in [-0.1, -0.05) is 66.2 Å². The zero-order valence-electron chi connectivity index (χ0n) is 31.1. The van der Waals surface area contributed by atoms with E-state index in [1.165, 1.54) is 37.7 Å². The van der Waals surface area contributed by atoms with Gasteiger partial charge in [0.05, 0.1) is 11.0 Å². The molecule has 0 aliphatic heterocycles. The Morgan fingerprint density at radius 1 is 0.837 bits per heavy atom. The lowest BCUT2D eigenvalue weighted by molar-refractivity contribution is -0.222. The zero-order valence-corrected chi connectivity index (χ0v) is 31.1. The van der Waals surface area contributed by atoms with E-state index in [9.17, 15) is 19.5 Å². The van der Waals surface area contributed by atoms with Crippen molar-refractivity contribution in [3.05, 3.63) is 41.5 Å². The molecule has 0 unspecified atom stereocenters. The fourth-order valence-electron chi connectivity index (χ4n) is 13.2. The van der Waals surface area contributed by atoms with Crippen LogP contribution in [0.15, 0.2) is 30.3 Å². The molecular weight excluding hydrogens is 612 g/mol. The Balaban J connectivity index is 1.19. The number of carbonyl (C=O) groups excluding carboxylic acids is 1. The van der Waals surface area contributed by atoms with E-state index < -0.39 is 11.9 Å². The summed E-state index contributed by atoms with van der Waals surface area (Å²) in [6, 6.07) is 7.51. The second-order valence-electron chi connectivity index (χ2n) is 17.9. The van der Waals surface area contributed by atoms with Crippen LogP contribution in [0.25, 0.3) is 5.57 Å². The van der Waals surface area contributed by atoms with E-state index in [1.807, 2.05) is 12.1 Å². The topological polar surface area (TPSA) is 107 Å². The molecule has 0 spiro atoms. The summed E-state index contributed by atoms with van der Waals surface area (Å²) in [7, 11) is 0. The highest BCUT2D eigenvalue weighted by Crippen LogP contribution is 2.77. The monoisotopic (exact) mass is 674 g/mol. The summed E-state index contributed by atoms with van der Waals surface area (Å²) in [6.45, 7) is 17.9. The van der Waals surface area contributed by atoms with Crippen LogP contribution in [0.2, 0.25) is 0 Å². The minimum Gasteiger partial charge on any atom is -0.481 e. The summed E-state index contributed by atoms with van der Waals surface area (Å²) in [5.41, 5.74) is 3.27. The zero-order chi connectivity index (χ0) is 35.4. The molecule has 5 aliphatic rings. The van der Waals surface area contributed by atoms with Crippen molar-refractivity contribution in [3.63, 3.8) is 0 Å². The molecule has 7 nitrogen and oxygen atoms in total. The number of hydrogen-bond donors (Lipinski definition) is 3. The van der Waals surface area contributed by atoms with E-state index in [-0.39, 0.29) is 39.4 Å². The molecule has 1 amide bonds. The maximum absolute atomic E-state index is 14.2. The van der Waals surface area contributed by atoms with E-state index in [4.69, 9.17) is 5.11 Å². The number of aliphatic carboxylic acids is 1. The highest BCUT2D eigenvalue weighted by molar-refractivity contribution is 5.88. The number of fused-ring (bicyclic) bond motifs is 7. The molecule has 4 saturated carbocycles. The van der Waals surface area contributed by atoms with Gasteiger partial charge in [0.25, 0.3) is 0 Å². The first-order valence-electron chi connectivity index (χ1n) is 19.4. The Hall–Kier alpha value is -2.67. The Morgan fingerprint density at radius 2 is 1.57 bits per heavy atom. The molecule has 1 aromatic carbocycles. The first-order chi connectivity index (χ1) is 23.1. The van der Waals surface area contributed by atoms with E-state index in [1.54, 1.807) is 12.1 Å². The lowest BCUT2D eigenvalue weighted by Gasteiger charge is -2.72. The van der Waals surface area contributed by atoms with Crippen LogP contribution >= 0.6 is 0 Å². The average molecular weight is 675 g/mol. The summed E-state index contributed by atoms with van der Waals surface area (Å²) in [5, 5.41) is 21.9. The maximum Gasteiger partial charge on any atom is 0.335 e. The lowest BCUT2D eigenvalue weighted by Crippen LogP contribution is -2.66. The molecule has 8 atom stereocenters. The number of carbonyl (C=O) groups is 3. The quantitative estimate of drug-likeness (QED) is 0.217. The molecule has 6 rings (SSSR count). The second-order valence-corrected chi connectivity index (χ2v) is 17.9. The number of carboxylic acid groups (broad SMARTS) is 2. The predicted molar refractivity (Wildman–Crippen MR) is 194 cm³/mol. The smallest absolute Gasteiger partial charge is 0.335 e. The van der Waals surface area contributed by atoms with Crippen LogP contribution in [0.1, 0.15) is 135 Å². The number of likely N-dealkylation sites (N-methyl/N-ethyl adjacent to an activating group) is 1. The third-order valence-electron chi connectivity index (χ3n) is 15.9. The van der Waals surface area contributed by atoms with Gasteiger partial charge in [0.15, 0.2) is 0 Å². The molecule has 0 heterocycles. The number of nitrogens with one attached hydrogen (secondary N) is 1. The van der Waals surface area contributed by atoms with Crippen molar-refractivity contribution in [1.82, 2.24) is 10.2 Å². The fourth-order valence-corrected chi connectivity index (χ4v) is 13.2. The molecule has 0 radical (unpaired) electrons. The standard InChI is InChI=1S/C42H62N2O5/c1-7-44(26-9-11-35(45)46)27-25-43-37(49)42-20-8-10-32(42)31-16-17-34-39(4)21-18-30(28-12-14-29(15-13-28)36(47)48)38(2,3)33(39)19-22-41(34,6)40(31,5)23-24-42/h12-15,18,31-34H,7-11,16-17,19-27H2,1-6H3,(H,43,49)(H,45,46)(H,47,48)/t31-,32-,33+,34-,39+,40-,41-,42+/m1/s1. The number of allylic oxidation sites excluding steroid dienone is 2. The Morgan fingerprint density at radius 3 is 2.24 bits per heavy atom. The van der Waals surface area contributed by atoms with Gasteiger partial charge in [-0.05, 0) is 146 Å². The molecule has 0 aromatic heterocycles. The van der Waals surface area contributed by atoms with E-state index in [0.717, 1.165) is 57.3 Å². The minimum absolute atomic E-state index is 0.00824. The van der Waals surface area contributed by atoms with Crippen molar-refractivity contribution in [2.75, 3.05) is 26.2 Å². The van der Waals surface area contributed by atoms with Crippen molar-refractivity contribution in [3.8, 4) is 0 Å². The molecule has 5 aliphatic carbocycles. The van der Waals surface area contributed by atoms with Crippen molar-refractivity contribution in [1.29, 1.82) is 0 Å². The van der Waals surface area contributed by atoms with Crippen LogP contribution < -0.4 is 5.32 Å². The van der Waals surface area contributed by atoms with Crippen LogP contribution in [0.4, 0.5) is 0 Å². The molecule has 7 heteroatoms. The highest BCUT2D eigenvalue weighted by atomic mass is 16.4. The van der Waals surface area contributed by atoms with E-state index in [2.05, 4.69) is 57.8 Å². The Kier molecular flexibility index (Phi) is 9.69. The minimum atomic E-state index is -0.880. The van der Waals surface area contributed by atoms with Crippen LogP contribution in [-0.4, -0.2) is 59.1 Å². The van der Waals surface area contributed by atoms with Crippen molar-refractivity contribution < 1.29 is 24.6 Å². The summed E-state index contributed by atoms with van der Waals surface area (Å²) in [5.74, 6) is 0.879. The molecular formula is C42H62N2O5. The van der Waals surface area contributed by atoms with Gasteiger partial charge in [0.2, 0.25) is 5.91 Å². The maximum atomic E-state index is 14.2. The molecule has 4 fully saturated rings. The molecule has 1 aromatic rings. The highest BCUT2D eigenvalue weighted by Gasteiger charge is 2.70. The first kappa shape index (κ1) is 36.1. The van der Waals surface area contributed by atoms with Crippen molar-refractivity contribution in [2.45, 2.75) is 119 Å². The normalized spacial score (nSPS) is 37.7. The first-order valence-corrected chi connectivity index (χ1v) is 19.4. The number of aromatic carboxylic acids is 1. The number of benzene rings is 1. The SMILES string of the molecule is CCN(CCCC(=O)O)CCNC(=O)[C@]12CCC[C@@H]1[C@H]1CC[C@@H]3[C@@]4(C)CC=C(c5ccc(C(=O)O)cc5)C(C)(C)[C@@H]4CC[C@@]3(C)[C@]1(C)CC2. The van der Waals surface area contributed by atoms with Crippen molar-refractivity contribution in [2.24, 2.45) is 50.7 Å².